The molecule has 1 N–H and O–H groups in total. The molecule has 0 spiro atoms. The van der Waals surface area contributed by atoms with E-state index in [4.69, 9.17) is 0 Å². The molecule has 0 aromatic heterocycles. The minimum atomic E-state index is -3.58. The lowest BCUT2D eigenvalue weighted by Crippen LogP contribution is -2.43. The van der Waals surface area contributed by atoms with Crippen molar-refractivity contribution in [3.8, 4) is 0 Å². The second-order valence-corrected chi connectivity index (χ2v) is 11.0. The fraction of sp³-hybridized carbons (Fsp3) is 0.320. The van der Waals surface area contributed by atoms with Gasteiger partial charge < -0.3 is 5.32 Å². The standard InChI is InChI=1S/C25H28N2O3S2/c1-18(19-7-10-23(31-2)11-8-19)26-25(28)21-13-15-27(16-14-21)32(29,30)24-12-9-20-5-3-4-6-22(20)17-24/h3-12,17-18,21H,13-16H2,1-2H3,(H,26,28)/t18-/m1/s1. The molecule has 1 amide bonds. The van der Waals surface area contributed by atoms with Gasteiger partial charge in [0.05, 0.1) is 10.9 Å². The summed E-state index contributed by atoms with van der Waals surface area (Å²) in [5, 5.41) is 5.01. The second kappa shape index (κ2) is 9.65. The van der Waals surface area contributed by atoms with Crippen LogP contribution < -0.4 is 5.32 Å². The molecule has 3 aromatic rings. The summed E-state index contributed by atoms with van der Waals surface area (Å²) in [6.45, 7) is 2.68. The van der Waals surface area contributed by atoms with Crippen LogP contribution in [0.15, 0.2) is 76.5 Å². The van der Waals surface area contributed by atoms with Gasteiger partial charge in [0, 0.05) is 23.9 Å². The summed E-state index contributed by atoms with van der Waals surface area (Å²) in [6.07, 6.45) is 3.08. The Morgan fingerprint density at radius 2 is 1.66 bits per heavy atom. The van der Waals surface area contributed by atoms with Crippen LogP contribution in [0.25, 0.3) is 10.8 Å². The number of nitrogens with zero attached hydrogens (tertiary/aromatic N) is 1. The zero-order valence-electron chi connectivity index (χ0n) is 18.3. The molecule has 32 heavy (non-hydrogen) atoms. The maximum absolute atomic E-state index is 13.1. The number of nitrogens with one attached hydrogen (secondary N) is 1. The lowest BCUT2D eigenvalue weighted by molar-refractivity contribution is -0.126. The van der Waals surface area contributed by atoms with Crippen molar-refractivity contribution in [1.29, 1.82) is 0 Å². The van der Waals surface area contributed by atoms with Gasteiger partial charge in [-0.1, -0.05) is 42.5 Å². The van der Waals surface area contributed by atoms with E-state index < -0.39 is 10.0 Å². The zero-order valence-corrected chi connectivity index (χ0v) is 20.0. The van der Waals surface area contributed by atoms with Crippen LogP contribution in [0.3, 0.4) is 0 Å². The lowest BCUT2D eigenvalue weighted by atomic mass is 9.96. The Balaban J connectivity index is 1.37. The Bertz CT molecular complexity index is 1200. The molecule has 1 atom stereocenters. The van der Waals surface area contributed by atoms with Gasteiger partial charge in [-0.15, -0.1) is 11.8 Å². The Labute approximate surface area is 194 Å². The third kappa shape index (κ3) is 4.85. The Hall–Kier alpha value is -2.35. The third-order valence-electron chi connectivity index (χ3n) is 6.16. The number of fused-ring (bicyclic) bond motifs is 1. The van der Waals surface area contributed by atoms with Crippen molar-refractivity contribution in [2.45, 2.75) is 35.6 Å². The van der Waals surface area contributed by atoms with Gasteiger partial charge in [-0.05, 0) is 66.6 Å². The molecule has 5 nitrogen and oxygen atoms in total. The average Bonchev–Trinajstić information content (AvgIpc) is 2.83. The number of hydrogen-bond donors (Lipinski definition) is 1. The molecular formula is C25H28N2O3S2. The van der Waals surface area contributed by atoms with Gasteiger partial charge in [-0.25, -0.2) is 8.42 Å². The van der Waals surface area contributed by atoms with E-state index in [1.165, 1.54) is 9.20 Å². The van der Waals surface area contributed by atoms with E-state index in [1.54, 1.807) is 23.9 Å². The van der Waals surface area contributed by atoms with Gasteiger partial charge in [0.25, 0.3) is 0 Å². The first kappa shape index (κ1) is 22.8. The normalized spacial score (nSPS) is 16.7. The number of benzene rings is 3. The number of rotatable bonds is 6. The molecule has 0 aliphatic carbocycles. The van der Waals surface area contributed by atoms with Crippen molar-refractivity contribution in [2.24, 2.45) is 5.92 Å². The molecule has 1 fully saturated rings. The highest BCUT2D eigenvalue weighted by molar-refractivity contribution is 7.98. The van der Waals surface area contributed by atoms with Crippen LogP contribution >= 0.6 is 11.8 Å². The summed E-state index contributed by atoms with van der Waals surface area (Å²) in [5.74, 6) is -0.180. The maximum Gasteiger partial charge on any atom is 0.243 e. The molecule has 0 bridgehead atoms. The summed E-state index contributed by atoms with van der Waals surface area (Å²) in [6, 6.07) is 21.1. The van der Waals surface area contributed by atoms with Gasteiger partial charge in [0.2, 0.25) is 15.9 Å². The minimum absolute atomic E-state index is 0.00537. The van der Waals surface area contributed by atoms with Gasteiger partial charge in [0.15, 0.2) is 0 Å². The maximum atomic E-state index is 13.1. The second-order valence-electron chi connectivity index (χ2n) is 8.19. The Morgan fingerprint density at radius 3 is 2.31 bits per heavy atom. The summed E-state index contributed by atoms with van der Waals surface area (Å²) in [4.78, 5) is 14.3. The number of carbonyl (C=O) groups excluding carboxylic acids is 1. The van der Waals surface area contributed by atoms with Gasteiger partial charge in [-0.3, -0.25) is 4.79 Å². The molecule has 0 unspecified atom stereocenters. The van der Waals surface area contributed by atoms with Crippen LogP contribution in [0, 0.1) is 5.92 Å². The summed E-state index contributed by atoms with van der Waals surface area (Å²) in [5.41, 5.74) is 1.06. The smallest absolute Gasteiger partial charge is 0.243 e. The molecule has 1 saturated heterocycles. The quantitative estimate of drug-likeness (QED) is 0.526. The van der Waals surface area contributed by atoms with E-state index in [1.807, 2.05) is 55.6 Å². The van der Waals surface area contributed by atoms with Crippen molar-refractivity contribution in [3.05, 3.63) is 72.3 Å². The van der Waals surface area contributed by atoms with E-state index in [2.05, 4.69) is 17.4 Å². The van der Waals surface area contributed by atoms with Crippen LogP contribution in [0.2, 0.25) is 0 Å². The van der Waals surface area contributed by atoms with Gasteiger partial charge >= 0.3 is 0 Å². The summed E-state index contributed by atoms with van der Waals surface area (Å²) in [7, 11) is -3.58. The number of amides is 1. The number of hydrogen-bond acceptors (Lipinski definition) is 4. The van der Waals surface area contributed by atoms with Crippen LogP contribution in [-0.2, 0) is 14.8 Å². The molecule has 3 aromatic carbocycles. The monoisotopic (exact) mass is 468 g/mol. The number of piperidine rings is 1. The molecule has 1 aliphatic rings. The fourth-order valence-corrected chi connectivity index (χ4v) is 6.06. The SMILES string of the molecule is CSc1ccc([C@@H](C)NC(=O)C2CCN(S(=O)(=O)c3ccc4ccccc4c3)CC2)cc1. The van der Waals surface area contributed by atoms with E-state index in [0.29, 0.717) is 30.8 Å². The summed E-state index contributed by atoms with van der Waals surface area (Å²) >= 11 is 1.69. The van der Waals surface area contributed by atoms with Crippen molar-refractivity contribution in [1.82, 2.24) is 9.62 Å². The van der Waals surface area contributed by atoms with Crippen molar-refractivity contribution in [3.63, 3.8) is 0 Å². The van der Waals surface area contributed by atoms with Gasteiger partial charge in [0.1, 0.15) is 0 Å². The van der Waals surface area contributed by atoms with Crippen molar-refractivity contribution >= 4 is 38.5 Å². The first-order valence-corrected chi connectivity index (χ1v) is 13.5. The van der Waals surface area contributed by atoms with Crippen LogP contribution in [0.1, 0.15) is 31.4 Å². The molecule has 0 radical (unpaired) electrons. The van der Waals surface area contributed by atoms with Crippen LogP contribution in [-0.4, -0.2) is 38.0 Å². The Morgan fingerprint density at radius 1 is 1.00 bits per heavy atom. The number of carbonyl (C=O) groups is 1. The highest BCUT2D eigenvalue weighted by atomic mass is 32.2. The molecule has 4 rings (SSSR count). The highest BCUT2D eigenvalue weighted by Gasteiger charge is 2.32. The predicted molar refractivity (Wildman–Crippen MR) is 130 cm³/mol. The topological polar surface area (TPSA) is 66.5 Å². The van der Waals surface area contributed by atoms with Crippen LogP contribution in [0.4, 0.5) is 0 Å². The zero-order chi connectivity index (χ0) is 22.7. The van der Waals surface area contributed by atoms with Crippen molar-refractivity contribution < 1.29 is 13.2 Å². The van der Waals surface area contributed by atoms with E-state index >= 15 is 0 Å². The molecule has 7 heteroatoms. The van der Waals surface area contributed by atoms with E-state index in [9.17, 15) is 13.2 Å². The lowest BCUT2D eigenvalue weighted by Gasteiger charge is -2.31. The Kier molecular flexibility index (Phi) is 6.88. The number of thioether (sulfide) groups is 1. The van der Waals surface area contributed by atoms with E-state index in [0.717, 1.165) is 16.3 Å². The number of sulfonamides is 1. The first-order valence-electron chi connectivity index (χ1n) is 10.8. The first-order chi connectivity index (χ1) is 15.4. The average molecular weight is 469 g/mol. The van der Waals surface area contributed by atoms with Gasteiger partial charge in [-0.2, -0.15) is 4.31 Å². The predicted octanol–water partition coefficient (Wildman–Crippen LogP) is 4.84. The largest absolute Gasteiger partial charge is 0.349 e. The molecule has 1 heterocycles. The minimum Gasteiger partial charge on any atom is -0.349 e. The fourth-order valence-electron chi connectivity index (χ4n) is 4.14. The highest BCUT2D eigenvalue weighted by Crippen LogP contribution is 2.27. The molecular weight excluding hydrogens is 440 g/mol. The molecule has 168 valence electrons. The molecule has 1 aliphatic heterocycles. The van der Waals surface area contributed by atoms with Crippen molar-refractivity contribution in [2.75, 3.05) is 19.3 Å². The van der Waals surface area contributed by atoms with E-state index in [-0.39, 0.29) is 17.9 Å². The summed E-state index contributed by atoms with van der Waals surface area (Å²) < 4.78 is 27.8. The van der Waals surface area contributed by atoms with Crippen LogP contribution in [0.5, 0.6) is 0 Å². The third-order valence-corrected chi connectivity index (χ3v) is 8.80. The molecule has 0 saturated carbocycles.